The summed E-state index contributed by atoms with van der Waals surface area (Å²) in [5.41, 5.74) is 0. The second-order valence-corrected chi connectivity index (χ2v) is 7.71. The highest BCUT2D eigenvalue weighted by Gasteiger charge is 2.22. The average Bonchev–Trinajstić information content (AvgIpc) is 2.63. The molecule has 0 spiro atoms. The molecule has 0 aromatic carbocycles. The molecule has 1 N–H and O–H groups in total. The maximum atomic E-state index is 11.7. The van der Waals surface area contributed by atoms with Crippen LogP contribution in [-0.4, -0.2) is 25.8 Å². The Kier molecular flexibility index (Phi) is 4.66. The van der Waals surface area contributed by atoms with Crippen LogP contribution in [0.1, 0.15) is 6.92 Å². The Morgan fingerprint density at radius 1 is 1.56 bits per heavy atom. The second-order valence-electron chi connectivity index (χ2n) is 2.91. The van der Waals surface area contributed by atoms with Crippen LogP contribution in [-0.2, 0) is 14.8 Å². The first-order valence-electron chi connectivity index (χ1n) is 4.21. The number of carbonyl (C=O) groups is 1. The third-order valence-corrected chi connectivity index (χ3v) is 5.76. The Balaban J connectivity index is 2.85. The Hall–Kier alpha value is -0.240. The normalized spacial score (nSPS) is 13.4. The van der Waals surface area contributed by atoms with Crippen molar-refractivity contribution >= 4 is 50.6 Å². The number of carbonyl (C=O) groups excluding carboxylic acids is 1. The maximum absolute atomic E-state index is 11.7. The molecule has 1 amide bonds. The van der Waals surface area contributed by atoms with E-state index < -0.39 is 21.2 Å². The molecular weight excluding hydrogens is 290 g/mol. The number of nitrogens with one attached hydrogen (secondary N) is 1. The van der Waals surface area contributed by atoms with Gasteiger partial charge in [0, 0.05) is 0 Å². The van der Waals surface area contributed by atoms with Crippen LogP contribution in [0.5, 0.6) is 0 Å². The molecule has 0 aliphatic rings. The molecule has 1 heterocycles. The summed E-state index contributed by atoms with van der Waals surface area (Å²) in [6, 6.07) is 2.84. The number of thioether (sulfide) groups is 1. The van der Waals surface area contributed by atoms with Gasteiger partial charge in [-0.05, 0) is 25.3 Å². The zero-order valence-corrected chi connectivity index (χ0v) is 11.8. The number of hydrogen-bond acceptors (Lipinski definition) is 5. The third-order valence-electron chi connectivity index (χ3n) is 1.77. The van der Waals surface area contributed by atoms with Crippen LogP contribution in [0.25, 0.3) is 0 Å². The Bertz CT molecular complexity index is 482. The van der Waals surface area contributed by atoms with Crippen LogP contribution < -0.4 is 4.72 Å². The summed E-state index contributed by atoms with van der Waals surface area (Å²) in [5.74, 6) is -0.531. The smallest absolute Gasteiger partial charge is 0.273 e. The van der Waals surface area contributed by atoms with E-state index in [0.29, 0.717) is 4.34 Å². The van der Waals surface area contributed by atoms with Gasteiger partial charge in [-0.3, -0.25) is 4.79 Å². The van der Waals surface area contributed by atoms with Crippen molar-refractivity contribution in [2.24, 2.45) is 0 Å². The summed E-state index contributed by atoms with van der Waals surface area (Å²) in [6.45, 7) is 1.64. The van der Waals surface area contributed by atoms with Gasteiger partial charge in [0.25, 0.3) is 10.0 Å². The van der Waals surface area contributed by atoms with Crippen LogP contribution in [0.3, 0.4) is 0 Å². The molecule has 0 aliphatic heterocycles. The van der Waals surface area contributed by atoms with Crippen molar-refractivity contribution in [3.63, 3.8) is 0 Å². The van der Waals surface area contributed by atoms with E-state index in [4.69, 9.17) is 11.6 Å². The zero-order chi connectivity index (χ0) is 12.3. The summed E-state index contributed by atoms with van der Waals surface area (Å²) < 4.78 is 25.8. The predicted octanol–water partition coefficient (Wildman–Crippen LogP) is 1.96. The van der Waals surface area contributed by atoms with Crippen molar-refractivity contribution in [1.82, 2.24) is 4.72 Å². The Morgan fingerprint density at radius 2 is 2.19 bits per heavy atom. The van der Waals surface area contributed by atoms with Crippen molar-refractivity contribution in [1.29, 1.82) is 0 Å². The van der Waals surface area contributed by atoms with Gasteiger partial charge in [0.15, 0.2) is 0 Å². The largest absolute Gasteiger partial charge is 0.273 e. The quantitative estimate of drug-likeness (QED) is 0.923. The van der Waals surface area contributed by atoms with E-state index in [0.717, 1.165) is 11.3 Å². The SMILES string of the molecule is CS[C@@H](C)C(=O)NS(=O)(=O)c1ccc(Cl)s1. The fourth-order valence-electron chi connectivity index (χ4n) is 0.815. The first kappa shape index (κ1) is 13.8. The maximum Gasteiger partial charge on any atom is 0.273 e. The average molecular weight is 300 g/mol. The monoisotopic (exact) mass is 299 g/mol. The van der Waals surface area contributed by atoms with Gasteiger partial charge in [0.1, 0.15) is 4.21 Å². The van der Waals surface area contributed by atoms with Gasteiger partial charge in [0.2, 0.25) is 5.91 Å². The van der Waals surface area contributed by atoms with Crippen LogP contribution in [0, 0.1) is 0 Å². The number of sulfonamides is 1. The van der Waals surface area contributed by atoms with Crippen LogP contribution in [0.15, 0.2) is 16.3 Å². The van der Waals surface area contributed by atoms with Gasteiger partial charge in [-0.1, -0.05) is 11.6 Å². The number of thiophene rings is 1. The summed E-state index contributed by atoms with van der Waals surface area (Å²) in [5, 5.41) is -0.412. The fourth-order valence-corrected chi connectivity index (χ4v) is 3.70. The Morgan fingerprint density at radius 3 is 2.62 bits per heavy atom. The van der Waals surface area contributed by atoms with Crippen molar-refractivity contribution in [2.75, 3.05) is 6.26 Å². The van der Waals surface area contributed by atoms with Gasteiger partial charge in [-0.15, -0.1) is 11.3 Å². The minimum atomic E-state index is -3.77. The molecule has 1 aromatic heterocycles. The fraction of sp³-hybridized carbons (Fsp3) is 0.375. The van der Waals surface area contributed by atoms with Gasteiger partial charge in [-0.25, -0.2) is 13.1 Å². The van der Waals surface area contributed by atoms with E-state index in [9.17, 15) is 13.2 Å². The molecule has 1 rings (SSSR count). The molecule has 0 saturated heterocycles. The summed E-state index contributed by atoms with van der Waals surface area (Å²) in [6.07, 6.45) is 1.73. The van der Waals surface area contributed by atoms with Crippen LogP contribution in [0.2, 0.25) is 4.34 Å². The van der Waals surface area contributed by atoms with Gasteiger partial charge >= 0.3 is 0 Å². The van der Waals surface area contributed by atoms with Crippen molar-refractivity contribution in [3.8, 4) is 0 Å². The van der Waals surface area contributed by atoms with E-state index in [1.54, 1.807) is 13.2 Å². The standard InChI is InChI=1S/C8H10ClNO3S3/c1-5(14-2)8(11)10-16(12,13)7-4-3-6(9)15-7/h3-5H,1-2H3,(H,10,11)/t5-/m0/s1. The summed E-state index contributed by atoms with van der Waals surface area (Å²) in [4.78, 5) is 11.4. The highest BCUT2D eigenvalue weighted by molar-refractivity contribution is 8.00. The lowest BCUT2D eigenvalue weighted by Gasteiger charge is -2.08. The van der Waals surface area contributed by atoms with Crippen LogP contribution >= 0.6 is 34.7 Å². The lowest BCUT2D eigenvalue weighted by atomic mass is 10.5. The Labute approximate surface area is 107 Å². The van der Waals surface area contributed by atoms with Gasteiger partial charge < -0.3 is 0 Å². The minimum absolute atomic E-state index is 0.0409. The third kappa shape index (κ3) is 3.38. The molecule has 1 atom stereocenters. The van der Waals surface area contributed by atoms with E-state index in [2.05, 4.69) is 0 Å². The molecule has 90 valence electrons. The molecule has 0 radical (unpaired) electrons. The number of amides is 1. The summed E-state index contributed by atoms with van der Waals surface area (Å²) >= 11 is 7.82. The van der Waals surface area contributed by atoms with Crippen molar-refractivity contribution < 1.29 is 13.2 Å². The van der Waals surface area contributed by atoms with Crippen molar-refractivity contribution in [3.05, 3.63) is 16.5 Å². The molecule has 4 nitrogen and oxygen atoms in total. The van der Waals surface area contributed by atoms with E-state index >= 15 is 0 Å². The van der Waals surface area contributed by atoms with Gasteiger partial charge in [0.05, 0.1) is 9.59 Å². The molecule has 1 aromatic rings. The lowest BCUT2D eigenvalue weighted by molar-refractivity contribution is -0.118. The molecule has 0 aliphatic carbocycles. The highest BCUT2D eigenvalue weighted by atomic mass is 35.5. The predicted molar refractivity (Wildman–Crippen MR) is 67.6 cm³/mol. The molecule has 0 saturated carbocycles. The van der Waals surface area contributed by atoms with E-state index in [1.807, 2.05) is 4.72 Å². The number of hydrogen-bond donors (Lipinski definition) is 1. The topological polar surface area (TPSA) is 63.2 Å². The molecule has 8 heteroatoms. The molecule has 0 unspecified atom stereocenters. The highest BCUT2D eigenvalue weighted by Crippen LogP contribution is 2.25. The van der Waals surface area contributed by atoms with Gasteiger partial charge in [-0.2, -0.15) is 11.8 Å². The second kappa shape index (κ2) is 5.39. The first-order chi connectivity index (χ1) is 7.36. The number of rotatable bonds is 4. The lowest BCUT2D eigenvalue weighted by Crippen LogP contribution is -2.35. The zero-order valence-electron chi connectivity index (χ0n) is 8.56. The molecule has 16 heavy (non-hydrogen) atoms. The molecule has 0 fully saturated rings. The van der Waals surface area contributed by atoms with E-state index in [-0.39, 0.29) is 4.21 Å². The number of halogens is 1. The summed E-state index contributed by atoms with van der Waals surface area (Å²) in [7, 11) is -3.77. The molecule has 0 bridgehead atoms. The van der Waals surface area contributed by atoms with E-state index in [1.165, 1.54) is 23.9 Å². The molecular formula is C8H10ClNO3S3. The minimum Gasteiger partial charge on any atom is -0.273 e. The van der Waals surface area contributed by atoms with Crippen molar-refractivity contribution in [2.45, 2.75) is 16.4 Å². The first-order valence-corrected chi connectivity index (χ1v) is 8.18. The van der Waals surface area contributed by atoms with Crippen LogP contribution in [0.4, 0.5) is 0 Å².